The molecule has 1 saturated heterocycles. The average Bonchev–Trinajstić information content (AvgIpc) is 2.74. The molecule has 1 fully saturated rings. The predicted molar refractivity (Wildman–Crippen MR) is 118 cm³/mol. The number of benzene rings is 1. The zero-order valence-corrected chi connectivity index (χ0v) is 18.8. The van der Waals surface area contributed by atoms with Crippen LogP contribution in [0.2, 0.25) is 5.02 Å². The summed E-state index contributed by atoms with van der Waals surface area (Å²) in [5.41, 5.74) is 5.45. The number of aromatic nitrogens is 1. The van der Waals surface area contributed by atoms with E-state index in [9.17, 15) is 14.0 Å². The summed E-state index contributed by atoms with van der Waals surface area (Å²) < 4.78 is 19.3. The summed E-state index contributed by atoms with van der Waals surface area (Å²) in [5, 5.41) is 2.45. The van der Waals surface area contributed by atoms with Crippen molar-refractivity contribution in [2.45, 2.75) is 26.1 Å². The number of anilines is 1. The van der Waals surface area contributed by atoms with Crippen LogP contribution in [0.4, 0.5) is 10.2 Å². The molecular weight excluding hydrogens is 446 g/mol. The zero-order chi connectivity index (χ0) is 23.0. The molecule has 0 radical (unpaired) electrons. The number of halogens is 3. The number of carbonyl (C=O) groups excluding carboxylic acids is 2. The number of alkyl halides is 1. The molecule has 31 heavy (non-hydrogen) atoms. The first-order valence-corrected chi connectivity index (χ1v) is 10.7. The molecule has 7 nitrogen and oxygen atoms in total. The molecule has 2 aromatic rings. The highest BCUT2D eigenvalue weighted by atomic mass is 35.5. The van der Waals surface area contributed by atoms with Crippen molar-refractivity contribution in [1.29, 1.82) is 0 Å². The van der Waals surface area contributed by atoms with Crippen molar-refractivity contribution < 1.29 is 18.7 Å². The first kappa shape index (κ1) is 25.0. The van der Waals surface area contributed by atoms with E-state index >= 15 is 0 Å². The third-order valence-electron chi connectivity index (χ3n) is 4.71. The maximum atomic E-state index is 14.1. The van der Waals surface area contributed by atoms with Gasteiger partial charge in [0.1, 0.15) is 5.88 Å². The Hall–Kier alpha value is -2.26. The van der Waals surface area contributed by atoms with Gasteiger partial charge in [-0.2, -0.15) is 0 Å². The van der Waals surface area contributed by atoms with Crippen LogP contribution in [0.15, 0.2) is 42.6 Å². The lowest BCUT2D eigenvalue weighted by atomic mass is 9.88. The van der Waals surface area contributed by atoms with Crippen LogP contribution in [0.25, 0.3) is 0 Å². The van der Waals surface area contributed by atoms with Crippen LogP contribution in [0.1, 0.15) is 19.4 Å². The van der Waals surface area contributed by atoms with Crippen molar-refractivity contribution in [1.82, 2.24) is 9.88 Å². The van der Waals surface area contributed by atoms with Gasteiger partial charge in [-0.15, -0.1) is 11.6 Å². The van der Waals surface area contributed by atoms with E-state index in [1.807, 2.05) is 19.9 Å². The van der Waals surface area contributed by atoms with Crippen LogP contribution < -0.4 is 11.1 Å². The van der Waals surface area contributed by atoms with Gasteiger partial charge in [0.2, 0.25) is 5.91 Å². The summed E-state index contributed by atoms with van der Waals surface area (Å²) in [7, 11) is 0. The maximum absolute atomic E-state index is 14.1. The molecule has 1 unspecified atom stereocenters. The van der Waals surface area contributed by atoms with Crippen molar-refractivity contribution in [3.8, 4) is 0 Å². The number of nitrogens with one attached hydrogen (secondary N) is 1. The van der Waals surface area contributed by atoms with Crippen LogP contribution in [-0.4, -0.2) is 46.5 Å². The fourth-order valence-corrected chi connectivity index (χ4v) is 3.28. The number of hydrogen-bond acceptors (Lipinski definition) is 5. The molecular formula is C21H25Cl2FN4O3. The highest BCUT2D eigenvalue weighted by Gasteiger charge is 2.52. The normalized spacial score (nSPS) is 15.0. The monoisotopic (exact) mass is 470 g/mol. The third-order valence-corrected chi connectivity index (χ3v) is 5.14. The van der Waals surface area contributed by atoms with Gasteiger partial charge in [-0.1, -0.05) is 55.8 Å². The van der Waals surface area contributed by atoms with Gasteiger partial charge in [0.05, 0.1) is 24.2 Å². The number of ether oxygens (including phenoxy) is 1. The molecule has 10 heteroatoms. The summed E-state index contributed by atoms with van der Waals surface area (Å²) in [6, 6.07) is 10.0. The molecule has 1 aliphatic heterocycles. The minimum atomic E-state index is -1.83. The van der Waals surface area contributed by atoms with Crippen LogP contribution >= 0.6 is 23.2 Å². The van der Waals surface area contributed by atoms with Gasteiger partial charge in [-0.05, 0) is 11.6 Å². The summed E-state index contributed by atoms with van der Waals surface area (Å²) in [5.74, 6) is -3.38. The number of amides is 2. The van der Waals surface area contributed by atoms with E-state index in [0.717, 1.165) is 11.6 Å². The summed E-state index contributed by atoms with van der Waals surface area (Å²) in [6.07, 6.45) is 1.19. The zero-order valence-electron chi connectivity index (χ0n) is 17.3. The van der Waals surface area contributed by atoms with E-state index in [-0.39, 0.29) is 36.5 Å². The van der Waals surface area contributed by atoms with Gasteiger partial charge >= 0.3 is 0 Å². The van der Waals surface area contributed by atoms with E-state index in [1.54, 1.807) is 24.3 Å². The largest absolute Gasteiger partial charge is 0.380 e. The van der Waals surface area contributed by atoms with Crippen molar-refractivity contribution >= 4 is 40.8 Å². The Morgan fingerprint density at radius 3 is 2.48 bits per heavy atom. The average molecular weight is 471 g/mol. The Morgan fingerprint density at radius 2 is 1.97 bits per heavy atom. The summed E-state index contributed by atoms with van der Waals surface area (Å²) in [4.78, 5) is 30.8. The topological polar surface area (TPSA) is 97.6 Å². The second-order valence-electron chi connectivity index (χ2n) is 6.60. The number of rotatable bonds is 7. The van der Waals surface area contributed by atoms with Crippen molar-refractivity contribution in [2.75, 3.05) is 24.4 Å². The van der Waals surface area contributed by atoms with E-state index in [0.29, 0.717) is 0 Å². The van der Waals surface area contributed by atoms with Crippen molar-refractivity contribution in [2.24, 2.45) is 11.7 Å². The molecule has 1 atom stereocenters. The fourth-order valence-electron chi connectivity index (χ4n) is 3.00. The van der Waals surface area contributed by atoms with Crippen LogP contribution in [-0.2, 0) is 20.9 Å². The Morgan fingerprint density at radius 1 is 1.32 bits per heavy atom. The lowest BCUT2D eigenvalue weighted by molar-refractivity contribution is -0.164. The van der Waals surface area contributed by atoms with Gasteiger partial charge in [0, 0.05) is 12.7 Å². The lowest BCUT2D eigenvalue weighted by Gasteiger charge is -2.47. The molecule has 0 saturated carbocycles. The molecule has 1 aromatic heterocycles. The molecule has 2 amide bonds. The minimum Gasteiger partial charge on any atom is -0.380 e. The SMILES string of the molecule is CC.NC(C(=O)Nc1ncc(Cl)cc1F)(C1COC1)N(Cc1ccccc1)C(=O)CCl. The maximum Gasteiger partial charge on any atom is 0.266 e. The minimum absolute atomic E-state index is 0.0450. The van der Waals surface area contributed by atoms with Gasteiger partial charge in [0.15, 0.2) is 17.3 Å². The molecule has 3 N–H and O–H groups in total. The second kappa shape index (κ2) is 11.4. The van der Waals surface area contributed by atoms with E-state index in [1.165, 1.54) is 11.1 Å². The smallest absolute Gasteiger partial charge is 0.266 e. The molecule has 0 spiro atoms. The molecule has 0 bridgehead atoms. The van der Waals surface area contributed by atoms with Crippen LogP contribution in [0, 0.1) is 11.7 Å². The van der Waals surface area contributed by atoms with Gasteiger partial charge in [0.25, 0.3) is 5.91 Å². The highest BCUT2D eigenvalue weighted by Crippen LogP contribution is 2.30. The standard InChI is InChI=1S/C19H19Cl2FN4O3.C2H6/c20-7-16(27)26(9-12-4-2-1-3-5-12)19(23,13-10-29-11-13)18(28)25-17-15(22)6-14(21)8-24-17;1-2/h1-6,8,13H,7,9-11,23H2,(H,24,25,28);1-2H3. The second-order valence-corrected chi connectivity index (χ2v) is 7.30. The Balaban J connectivity index is 0.00000166. The lowest BCUT2D eigenvalue weighted by Crippen LogP contribution is -2.72. The first-order chi connectivity index (χ1) is 14.9. The number of carbonyl (C=O) groups is 2. The molecule has 1 aliphatic rings. The Bertz CT molecular complexity index is 899. The number of nitrogens with two attached hydrogens (primary N) is 1. The van der Waals surface area contributed by atoms with Gasteiger partial charge < -0.3 is 20.7 Å². The van der Waals surface area contributed by atoms with Gasteiger partial charge in [-0.25, -0.2) is 9.37 Å². The summed E-state index contributed by atoms with van der Waals surface area (Å²) in [6.45, 7) is 4.38. The van der Waals surface area contributed by atoms with E-state index in [2.05, 4.69) is 10.3 Å². The molecule has 0 aliphatic carbocycles. The van der Waals surface area contributed by atoms with E-state index in [4.69, 9.17) is 33.7 Å². The number of pyridine rings is 1. The van der Waals surface area contributed by atoms with Crippen molar-refractivity contribution in [3.63, 3.8) is 0 Å². The molecule has 3 rings (SSSR count). The molecule has 1 aromatic carbocycles. The van der Waals surface area contributed by atoms with Crippen LogP contribution in [0.5, 0.6) is 0 Å². The highest BCUT2D eigenvalue weighted by molar-refractivity contribution is 6.30. The van der Waals surface area contributed by atoms with E-state index < -0.39 is 29.2 Å². The Kier molecular flexibility index (Phi) is 9.18. The van der Waals surface area contributed by atoms with Crippen LogP contribution in [0.3, 0.4) is 0 Å². The first-order valence-electron chi connectivity index (χ1n) is 9.75. The number of nitrogens with zero attached hydrogens (tertiary/aromatic N) is 2. The molecule has 168 valence electrons. The fraction of sp³-hybridized carbons (Fsp3) is 0.381. The molecule has 2 heterocycles. The predicted octanol–water partition coefficient (Wildman–Crippen LogP) is 3.41. The third kappa shape index (κ3) is 5.71. The van der Waals surface area contributed by atoms with Gasteiger partial charge in [-0.3, -0.25) is 9.59 Å². The summed E-state index contributed by atoms with van der Waals surface area (Å²) >= 11 is 11.5. The Labute approximate surface area is 190 Å². The quantitative estimate of drug-likeness (QED) is 0.477. The number of hydrogen-bond donors (Lipinski definition) is 2. The van der Waals surface area contributed by atoms with Crippen molar-refractivity contribution in [3.05, 3.63) is 59.0 Å².